The standard InChI is InChI=1S/C27H32N4O4S/c1-18-7-8-21(13-19(18)2)15-28-30-26(35)24-20(3)17-36-27(24)29-25(34)23-6-4-5-22(14-23)16-31(9-11-32)10-12-33/h4-8,13-15,17,32-33H,9-12,16H2,1-3H3,(H,29,34)(H,30,35)/b28-15+. The molecule has 3 rings (SSSR count). The van der Waals surface area contributed by atoms with Crippen LogP contribution in [0.4, 0.5) is 5.00 Å². The Balaban J connectivity index is 1.69. The average Bonchev–Trinajstić information content (AvgIpc) is 3.21. The van der Waals surface area contributed by atoms with Gasteiger partial charge in [0.15, 0.2) is 0 Å². The van der Waals surface area contributed by atoms with Gasteiger partial charge in [0.2, 0.25) is 0 Å². The van der Waals surface area contributed by atoms with Crippen LogP contribution < -0.4 is 10.7 Å². The number of aliphatic hydroxyl groups is 2. The molecule has 0 fully saturated rings. The number of carbonyl (C=O) groups is 2. The van der Waals surface area contributed by atoms with Crippen molar-refractivity contribution in [3.8, 4) is 0 Å². The fourth-order valence-electron chi connectivity index (χ4n) is 3.68. The zero-order chi connectivity index (χ0) is 26.1. The molecule has 1 aromatic heterocycles. The minimum atomic E-state index is -0.401. The largest absolute Gasteiger partial charge is 0.395 e. The Bertz CT molecular complexity index is 1230. The summed E-state index contributed by atoms with van der Waals surface area (Å²) in [6.45, 7) is 7.18. The molecule has 36 heavy (non-hydrogen) atoms. The fourth-order valence-corrected chi connectivity index (χ4v) is 4.62. The number of thiophene rings is 1. The van der Waals surface area contributed by atoms with Gasteiger partial charge in [-0.3, -0.25) is 14.5 Å². The van der Waals surface area contributed by atoms with E-state index in [1.54, 1.807) is 24.4 Å². The van der Waals surface area contributed by atoms with Gasteiger partial charge in [-0.25, -0.2) is 5.43 Å². The Morgan fingerprint density at radius 1 is 0.972 bits per heavy atom. The van der Waals surface area contributed by atoms with Gasteiger partial charge in [0, 0.05) is 25.2 Å². The lowest BCUT2D eigenvalue weighted by Crippen LogP contribution is -2.29. The van der Waals surface area contributed by atoms with E-state index in [1.165, 1.54) is 16.9 Å². The average molecular weight is 509 g/mol. The summed E-state index contributed by atoms with van der Waals surface area (Å²) in [5.41, 5.74) is 8.21. The van der Waals surface area contributed by atoms with Crippen molar-refractivity contribution < 1.29 is 19.8 Å². The van der Waals surface area contributed by atoms with Crippen LogP contribution in [0, 0.1) is 20.8 Å². The van der Waals surface area contributed by atoms with Gasteiger partial charge in [0.25, 0.3) is 11.8 Å². The van der Waals surface area contributed by atoms with Gasteiger partial charge >= 0.3 is 0 Å². The van der Waals surface area contributed by atoms with Crippen molar-refractivity contribution in [3.05, 3.63) is 86.8 Å². The molecule has 0 bridgehead atoms. The molecule has 0 aliphatic rings. The molecule has 9 heteroatoms. The van der Waals surface area contributed by atoms with Crippen molar-refractivity contribution in [2.45, 2.75) is 27.3 Å². The smallest absolute Gasteiger partial charge is 0.274 e. The number of nitrogens with zero attached hydrogens (tertiary/aromatic N) is 2. The molecule has 8 nitrogen and oxygen atoms in total. The number of aryl methyl sites for hydroxylation is 3. The number of anilines is 1. The zero-order valence-electron chi connectivity index (χ0n) is 20.7. The molecule has 1 heterocycles. The van der Waals surface area contributed by atoms with Gasteiger partial charge in [-0.15, -0.1) is 11.3 Å². The van der Waals surface area contributed by atoms with Crippen molar-refractivity contribution in [2.24, 2.45) is 5.10 Å². The second-order valence-electron chi connectivity index (χ2n) is 8.54. The van der Waals surface area contributed by atoms with Crippen molar-refractivity contribution in [1.82, 2.24) is 10.3 Å². The molecule has 0 radical (unpaired) electrons. The van der Waals surface area contributed by atoms with Crippen molar-refractivity contribution in [1.29, 1.82) is 0 Å². The number of rotatable bonds is 11. The number of carbonyl (C=O) groups excluding carboxylic acids is 2. The first kappa shape index (κ1) is 27.2. The maximum atomic E-state index is 13.0. The number of hydrogen-bond acceptors (Lipinski definition) is 7. The molecule has 0 atom stereocenters. The minimum Gasteiger partial charge on any atom is -0.395 e. The van der Waals surface area contributed by atoms with Crippen LogP contribution in [0.1, 0.15) is 48.5 Å². The molecular formula is C27H32N4O4S. The van der Waals surface area contributed by atoms with Crippen LogP contribution in [0.15, 0.2) is 52.9 Å². The number of hydrogen-bond donors (Lipinski definition) is 4. The Labute approximate surface area is 215 Å². The Hall–Kier alpha value is -3.37. The van der Waals surface area contributed by atoms with E-state index < -0.39 is 5.91 Å². The number of amides is 2. The lowest BCUT2D eigenvalue weighted by molar-refractivity contribution is 0.0955. The van der Waals surface area contributed by atoms with Crippen LogP contribution in [0.2, 0.25) is 0 Å². The molecule has 4 N–H and O–H groups in total. The topological polar surface area (TPSA) is 114 Å². The van der Waals surface area contributed by atoms with E-state index in [4.69, 9.17) is 0 Å². The lowest BCUT2D eigenvalue weighted by Gasteiger charge is -2.20. The Kier molecular flexibility index (Phi) is 9.89. The molecule has 0 unspecified atom stereocenters. The number of hydrazone groups is 1. The Morgan fingerprint density at radius 3 is 2.42 bits per heavy atom. The van der Waals surface area contributed by atoms with E-state index in [2.05, 4.69) is 15.8 Å². The number of aliphatic hydroxyl groups excluding tert-OH is 2. The maximum absolute atomic E-state index is 13.0. The molecule has 3 aromatic rings. The summed E-state index contributed by atoms with van der Waals surface area (Å²) in [5, 5.41) is 27.7. The molecule has 0 aliphatic carbocycles. The summed E-state index contributed by atoms with van der Waals surface area (Å²) in [5.74, 6) is -0.733. The van der Waals surface area contributed by atoms with Crippen LogP contribution in [-0.4, -0.2) is 59.4 Å². The monoisotopic (exact) mass is 508 g/mol. The minimum absolute atomic E-state index is 0.0164. The van der Waals surface area contributed by atoms with Crippen molar-refractivity contribution >= 4 is 34.4 Å². The zero-order valence-corrected chi connectivity index (χ0v) is 21.6. The normalized spacial score (nSPS) is 11.3. The van der Waals surface area contributed by atoms with E-state index in [9.17, 15) is 19.8 Å². The summed E-state index contributed by atoms with van der Waals surface area (Å²) in [6.07, 6.45) is 1.59. The number of nitrogens with one attached hydrogen (secondary N) is 2. The van der Waals surface area contributed by atoms with Crippen LogP contribution in [0.3, 0.4) is 0 Å². The molecule has 2 aromatic carbocycles. The third kappa shape index (κ3) is 7.32. The molecular weight excluding hydrogens is 476 g/mol. The van der Waals surface area contributed by atoms with Crippen molar-refractivity contribution in [2.75, 3.05) is 31.6 Å². The van der Waals surface area contributed by atoms with Gasteiger partial charge in [0.1, 0.15) is 5.00 Å². The van der Waals surface area contributed by atoms with Gasteiger partial charge in [-0.1, -0.05) is 30.3 Å². The summed E-state index contributed by atoms with van der Waals surface area (Å²) in [4.78, 5) is 27.7. The van der Waals surface area contributed by atoms with E-state index in [1.807, 2.05) is 55.3 Å². The maximum Gasteiger partial charge on any atom is 0.274 e. The van der Waals surface area contributed by atoms with Gasteiger partial charge in [-0.2, -0.15) is 5.10 Å². The van der Waals surface area contributed by atoms with Gasteiger partial charge in [0.05, 0.1) is 25.0 Å². The molecule has 190 valence electrons. The predicted octanol–water partition coefficient (Wildman–Crippen LogP) is 3.48. The highest BCUT2D eigenvalue weighted by Gasteiger charge is 2.19. The lowest BCUT2D eigenvalue weighted by atomic mass is 10.1. The third-order valence-corrected chi connectivity index (χ3v) is 6.78. The van der Waals surface area contributed by atoms with Gasteiger partial charge in [-0.05, 0) is 66.1 Å². The van der Waals surface area contributed by atoms with Gasteiger partial charge < -0.3 is 15.5 Å². The second kappa shape index (κ2) is 13.1. The molecule has 0 spiro atoms. The third-order valence-electron chi connectivity index (χ3n) is 5.77. The van der Waals surface area contributed by atoms with Crippen LogP contribution in [0.5, 0.6) is 0 Å². The van der Waals surface area contributed by atoms with E-state index in [-0.39, 0.29) is 19.1 Å². The van der Waals surface area contributed by atoms with Crippen LogP contribution in [0.25, 0.3) is 0 Å². The SMILES string of the molecule is Cc1ccc(/C=N/NC(=O)c2c(C)csc2NC(=O)c2cccc(CN(CCO)CCO)c2)cc1C. The summed E-state index contributed by atoms with van der Waals surface area (Å²) < 4.78 is 0. The highest BCUT2D eigenvalue weighted by atomic mass is 32.1. The van der Waals surface area contributed by atoms with Crippen LogP contribution >= 0.6 is 11.3 Å². The molecule has 0 saturated carbocycles. The van der Waals surface area contributed by atoms with Crippen LogP contribution in [-0.2, 0) is 6.54 Å². The second-order valence-corrected chi connectivity index (χ2v) is 9.42. The number of benzene rings is 2. The fraction of sp³-hybridized carbons (Fsp3) is 0.296. The quantitative estimate of drug-likeness (QED) is 0.234. The highest BCUT2D eigenvalue weighted by Crippen LogP contribution is 2.28. The summed E-state index contributed by atoms with van der Waals surface area (Å²) in [6, 6.07) is 13.1. The van der Waals surface area contributed by atoms with E-state index >= 15 is 0 Å². The van der Waals surface area contributed by atoms with Crippen molar-refractivity contribution in [3.63, 3.8) is 0 Å². The highest BCUT2D eigenvalue weighted by molar-refractivity contribution is 7.15. The Morgan fingerprint density at radius 2 is 1.72 bits per heavy atom. The molecule has 0 saturated heterocycles. The van der Waals surface area contributed by atoms with E-state index in [0.717, 1.165) is 22.3 Å². The first-order valence-electron chi connectivity index (χ1n) is 11.7. The first-order valence-corrected chi connectivity index (χ1v) is 12.5. The van der Waals surface area contributed by atoms with E-state index in [0.29, 0.717) is 35.8 Å². The molecule has 0 aliphatic heterocycles. The summed E-state index contributed by atoms with van der Waals surface area (Å²) in [7, 11) is 0. The predicted molar refractivity (Wildman–Crippen MR) is 144 cm³/mol. The molecule has 2 amide bonds. The summed E-state index contributed by atoms with van der Waals surface area (Å²) >= 11 is 1.28. The first-order chi connectivity index (χ1) is 17.3.